The van der Waals surface area contributed by atoms with E-state index < -0.39 is 0 Å². The van der Waals surface area contributed by atoms with Gasteiger partial charge in [0.2, 0.25) is 0 Å². The quantitative estimate of drug-likeness (QED) is 0.697. The van der Waals surface area contributed by atoms with Crippen LogP contribution in [0.3, 0.4) is 0 Å². The van der Waals surface area contributed by atoms with Crippen molar-refractivity contribution in [1.82, 2.24) is 9.47 Å². The zero-order chi connectivity index (χ0) is 19.6. The van der Waals surface area contributed by atoms with Gasteiger partial charge >= 0.3 is 0 Å². The molecule has 1 aromatic carbocycles. The second-order valence-electron chi connectivity index (χ2n) is 6.72. The first-order chi connectivity index (χ1) is 12.9. The Kier molecular flexibility index (Phi) is 5.87. The maximum absolute atomic E-state index is 12.8. The highest BCUT2D eigenvalue weighted by molar-refractivity contribution is 8.18. The topological polar surface area (TPSA) is 51.5 Å². The van der Waals surface area contributed by atoms with Crippen molar-refractivity contribution in [2.45, 2.75) is 33.9 Å². The molecule has 2 heterocycles. The maximum atomic E-state index is 12.8. The third-order valence-electron chi connectivity index (χ3n) is 4.75. The molecule has 1 saturated heterocycles. The van der Waals surface area contributed by atoms with E-state index in [0.29, 0.717) is 18.1 Å². The lowest BCUT2D eigenvalue weighted by Crippen LogP contribution is -2.27. The van der Waals surface area contributed by atoms with E-state index in [4.69, 9.17) is 4.74 Å². The van der Waals surface area contributed by atoms with E-state index in [0.717, 1.165) is 46.4 Å². The fourth-order valence-electron chi connectivity index (χ4n) is 3.15. The summed E-state index contributed by atoms with van der Waals surface area (Å²) < 4.78 is 7.32. The highest BCUT2D eigenvalue weighted by Crippen LogP contribution is 2.34. The molecule has 0 bridgehead atoms. The monoisotopic (exact) mass is 384 g/mol. The predicted molar refractivity (Wildman–Crippen MR) is 108 cm³/mol. The molecule has 0 aliphatic carbocycles. The standard InChI is InChI=1S/C21H24N2O3S/c1-14-5-7-17(8-6-14)13-23-20(24)19(27-21(23)25)12-18-11-15(2)22(16(18)3)9-10-26-4/h5-8,11-12H,9-10,13H2,1-4H3/b19-12-. The molecule has 1 aliphatic rings. The number of aryl methyl sites for hydroxylation is 2. The number of benzene rings is 1. The fourth-order valence-corrected chi connectivity index (χ4v) is 3.98. The summed E-state index contributed by atoms with van der Waals surface area (Å²) in [5.74, 6) is -0.229. The minimum atomic E-state index is -0.229. The van der Waals surface area contributed by atoms with Crippen molar-refractivity contribution in [3.63, 3.8) is 0 Å². The Balaban J connectivity index is 1.81. The Bertz CT molecular complexity index is 897. The molecule has 0 unspecified atom stereocenters. The second-order valence-corrected chi connectivity index (χ2v) is 7.72. The number of rotatable bonds is 6. The van der Waals surface area contributed by atoms with Crippen molar-refractivity contribution in [3.05, 3.63) is 63.3 Å². The number of hydrogen-bond acceptors (Lipinski definition) is 4. The van der Waals surface area contributed by atoms with Gasteiger partial charge in [0.25, 0.3) is 11.1 Å². The van der Waals surface area contributed by atoms with E-state index in [1.54, 1.807) is 7.11 Å². The summed E-state index contributed by atoms with van der Waals surface area (Å²) in [6, 6.07) is 9.91. The van der Waals surface area contributed by atoms with E-state index in [9.17, 15) is 9.59 Å². The third-order valence-corrected chi connectivity index (χ3v) is 5.66. The molecule has 6 heteroatoms. The van der Waals surface area contributed by atoms with Crippen LogP contribution in [0.5, 0.6) is 0 Å². The predicted octanol–water partition coefficient (Wildman–Crippen LogP) is 4.30. The minimum Gasteiger partial charge on any atom is -0.383 e. The molecule has 0 spiro atoms. The molecule has 3 rings (SSSR count). The molecule has 142 valence electrons. The zero-order valence-corrected chi connectivity index (χ0v) is 16.9. The number of methoxy groups -OCH3 is 1. The molecule has 1 aromatic heterocycles. The van der Waals surface area contributed by atoms with Crippen LogP contribution in [0.4, 0.5) is 4.79 Å². The number of amides is 2. The van der Waals surface area contributed by atoms with Gasteiger partial charge in [0.15, 0.2) is 0 Å². The van der Waals surface area contributed by atoms with Crippen LogP contribution < -0.4 is 0 Å². The van der Waals surface area contributed by atoms with Crippen LogP contribution in [-0.2, 0) is 22.6 Å². The SMILES string of the molecule is COCCn1c(C)cc(/C=C2\SC(=O)N(Cc3ccc(C)cc3)C2=O)c1C. The van der Waals surface area contributed by atoms with Gasteiger partial charge in [-0.1, -0.05) is 29.8 Å². The van der Waals surface area contributed by atoms with E-state index in [1.165, 1.54) is 4.90 Å². The van der Waals surface area contributed by atoms with E-state index >= 15 is 0 Å². The van der Waals surface area contributed by atoms with Crippen molar-refractivity contribution < 1.29 is 14.3 Å². The van der Waals surface area contributed by atoms with Gasteiger partial charge in [-0.25, -0.2) is 0 Å². The molecule has 2 aromatic rings. The van der Waals surface area contributed by atoms with Gasteiger partial charge in [-0.15, -0.1) is 0 Å². The number of carbonyl (C=O) groups is 2. The Hall–Kier alpha value is -2.31. The first kappa shape index (κ1) is 19.5. The van der Waals surface area contributed by atoms with Crippen LogP contribution in [0.1, 0.15) is 28.1 Å². The Morgan fingerprint density at radius 2 is 1.81 bits per heavy atom. The average Bonchev–Trinajstić information content (AvgIpc) is 3.05. The molecule has 0 radical (unpaired) electrons. The second kappa shape index (κ2) is 8.15. The molecule has 5 nitrogen and oxygen atoms in total. The largest absolute Gasteiger partial charge is 0.383 e. The van der Waals surface area contributed by atoms with Gasteiger partial charge < -0.3 is 9.30 Å². The lowest BCUT2D eigenvalue weighted by Gasteiger charge is -2.12. The normalized spacial score (nSPS) is 16.0. The number of aromatic nitrogens is 1. The molecule has 0 saturated carbocycles. The van der Waals surface area contributed by atoms with Gasteiger partial charge in [-0.3, -0.25) is 14.5 Å². The number of hydrogen-bond donors (Lipinski definition) is 0. The van der Waals surface area contributed by atoms with E-state index in [-0.39, 0.29) is 11.1 Å². The fraction of sp³-hybridized carbons (Fsp3) is 0.333. The summed E-state index contributed by atoms with van der Waals surface area (Å²) in [5.41, 5.74) is 5.23. The number of thioether (sulfide) groups is 1. The molecular formula is C21H24N2O3S. The summed E-state index contributed by atoms with van der Waals surface area (Å²) in [6.07, 6.45) is 1.83. The van der Waals surface area contributed by atoms with Gasteiger partial charge in [-0.2, -0.15) is 0 Å². The van der Waals surface area contributed by atoms with Crippen molar-refractivity contribution in [2.75, 3.05) is 13.7 Å². The Morgan fingerprint density at radius 1 is 1.11 bits per heavy atom. The van der Waals surface area contributed by atoms with Crippen molar-refractivity contribution in [2.24, 2.45) is 0 Å². The van der Waals surface area contributed by atoms with Crippen LogP contribution in [-0.4, -0.2) is 34.3 Å². The molecule has 27 heavy (non-hydrogen) atoms. The lowest BCUT2D eigenvalue weighted by molar-refractivity contribution is -0.123. The number of ether oxygens (including phenoxy) is 1. The Morgan fingerprint density at radius 3 is 2.48 bits per heavy atom. The first-order valence-corrected chi connectivity index (χ1v) is 9.69. The van der Waals surface area contributed by atoms with Gasteiger partial charge in [0, 0.05) is 25.0 Å². The van der Waals surface area contributed by atoms with Crippen molar-refractivity contribution in [1.29, 1.82) is 0 Å². The van der Waals surface area contributed by atoms with Crippen molar-refractivity contribution in [3.8, 4) is 0 Å². The summed E-state index contributed by atoms with van der Waals surface area (Å²) in [4.78, 5) is 26.9. The summed E-state index contributed by atoms with van der Waals surface area (Å²) in [6.45, 7) is 7.75. The maximum Gasteiger partial charge on any atom is 0.293 e. The van der Waals surface area contributed by atoms with Crippen LogP contribution in [0.25, 0.3) is 6.08 Å². The number of nitrogens with zero attached hydrogens (tertiary/aromatic N) is 2. The van der Waals surface area contributed by atoms with Crippen LogP contribution in [0.2, 0.25) is 0 Å². The van der Waals surface area contributed by atoms with Crippen LogP contribution in [0.15, 0.2) is 35.2 Å². The molecule has 1 aliphatic heterocycles. The molecular weight excluding hydrogens is 360 g/mol. The molecule has 2 amide bonds. The van der Waals surface area contributed by atoms with Crippen molar-refractivity contribution >= 4 is 29.0 Å². The van der Waals surface area contributed by atoms with Crippen LogP contribution >= 0.6 is 11.8 Å². The molecule has 0 atom stereocenters. The zero-order valence-electron chi connectivity index (χ0n) is 16.1. The number of carbonyl (C=O) groups excluding carboxylic acids is 2. The molecule has 0 N–H and O–H groups in total. The summed E-state index contributed by atoms with van der Waals surface area (Å²) >= 11 is 1.01. The minimum absolute atomic E-state index is 0.222. The summed E-state index contributed by atoms with van der Waals surface area (Å²) in [7, 11) is 1.68. The molecule has 1 fully saturated rings. The summed E-state index contributed by atoms with van der Waals surface area (Å²) in [5, 5.41) is -0.222. The van der Waals surface area contributed by atoms with Gasteiger partial charge in [0.05, 0.1) is 18.1 Å². The van der Waals surface area contributed by atoms with Crippen LogP contribution in [0, 0.1) is 20.8 Å². The lowest BCUT2D eigenvalue weighted by atomic mass is 10.1. The number of imide groups is 1. The Labute approximate surface area is 164 Å². The van der Waals surface area contributed by atoms with E-state index in [2.05, 4.69) is 4.57 Å². The third kappa shape index (κ3) is 4.17. The van der Waals surface area contributed by atoms with Gasteiger partial charge in [-0.05, 0) is 55.8 Å². The average molecular weight is 385 g/mol. The van der Waals surface area contributed by atoms with E-state index in [1.807, 2.05) is 57.2 Å². The first-order valence-electron chi connectivity index (χ1n) is 8.87. The van der Waals surface area contributed by atoms with Gasteiger partial charge in [0.1, 0.15) is 0 Å². The highest BCUT2D eigenvalue weighted by atomic mass is 32.2. The smallest absolute Gasteiger partial charge is 0.293 e. The highest BCUT2D eigenvalue weighted by Gasteiger charge is 2.35.